The van der Waals surface area contributed by atoms with Gasteiger partial charge in [0.25, 0.3) is 5.91 Å². The molecule has 0 radical (unpaired) electrons. The minimum Gasteiger partial charge on any atom is -0.307 e. The fourth-order valence-corrected chi connectivity index (χ4v) is 5.83. The number of hydrogen-bond acceptors (Lipinski definition) is 4. The summed E-state index contributed by atoms with van der Waals surface area (Å²) >= 11 is 8.93. The minimum absolute atomic E-state index is 0.0651. The number of benzene rings is 3. The predicted octanol–water partition coefficient (Wildman–Crippen LogP) is 7.54. The molecule has 0 unspecified atom stereocenters. The van der Waals surface area contributed by atoms with Gasteiger partial charge in [-0.15, -0.1) is 0 Å². The van der Waals surface area contributed by atoms with E-state index >= 15 is 4.39 Å². The van der Waals surface area contributed by atoms with Gasteiger partial charge in [0.05, 0.1) is 22.4 Å². The molecule has 36 heavy (non-hydrogen) atoms. The number of fused-ring (bicyclic) bond motifs is 1. The molecule has 0 atom stereocenters. The Morgan fingerprint density at radius 2 is 1.86 bits per heavy atom. The molecular formula is C27H22ClFN4OS2. The number of carbonyl (C=O) groups is 1. The average molecular weight is 537 g/mol. The Bertz CT molecular complexity index is 1570. The zero-order valence-corrected chi connectivity index (χ0v) is 21.9. The molecule has 0 saturated carbocycles. The minimum atomic E-state index is -0.473. The summed E-state index contributed by atoms with van der Waals surface area (Å²) < 4.78 is 21.9. The van der Waals surface area contributed by atoms with Crippen LogP contribution in [0.2, 0.25) is 5.02 Å². The zero-order valence-electron chi connectivity index (χ0n) is 19.5. The molecule has 0 aliphatic heterocycles. The Morgan fingerprint density at radius 3 is 2.61 bits per heavy atom. The number of amides is 1. The van der Waals surface area contributed by atoms with Gasteiger partial charge in [-0.2, -0.15) is 5.10 Å². The molecule has 1 amide bonds. The van der Waals surface area contributed by atoms with Crippen LogP contribution in [0.15, 0.2) is 93.8 Å². The lowest BCUT2D eigenvalue weighted by Gasteiger charge is -2.08. The van der Waals surface area contributed by atoms with Crippen LogP contribution in [0.25, 0.3) is 16.6 Å². The van der Waals surface area contributed by atoms with E-state index in [0.29, 0.717) is 17.6 Å². The molecule has 5 aromatic rings. The van der Waals surface area contributed by atoms with Gasteiger partial charge < -0.3 is 4.57 Å². The Hall–Kier alpha value is -3.20. The number of nitrogens with one attached hydrogen (secondary N) is 1. The van der Waals surface area contributed by atoms with Gasteiger partial charge in [0.2, 0.25) is 0 Å². The normalized spacial score (nSPS) is 11.2. The topological polar surface area (TPSA) is 51.9 Å². The first-order chi connectivity index (χ1) is 17.5. The first-order valence-corrected chi connectivity index (χ1v) is 13.3. The van der Waals surface area contributed by atoms with E-state index in [1.54, 1.807) is 23.0 Å². The van der Waals surface area contributed by atoms with E-state index in [4.69, 9.17) is 11.6 Å². The summed E-state index contributed by atoms with van der Waals surface area (Å²) in [5, 5.41) is 5.18. The molecule has 182 valence electrons. The fraction of sp³-hybridized carbons (Fsp3) is 0.111. The zero-order chi connectivity index (χ0) is 25.2. The van der Waals surface area contributed by atoms with Gasteiger partial charge in [0, 0.05) is 44.1 Å². The smallest absolute Gasteiger partial charge is 0.261 e. The third-order valence-corrected chi connectivity index (χ3v) is 8.02. The van der Waals surface area contributed by atoms with Crippen LogP contribution >= 0.6 is 35.3 Å². The van der Waals surface area contributed by atoms with Crippen LogP contribution in [0.4, 0.5) is 4.39 Å². The lowest BCUT2D eigenvalue weighted by molar-refractivity contribution is 0.0984. The summed E-state index contributed by atoms with van der Waals surface area (Å²) in [5.41, 5.74) is 2.58. The number of carbonyl (C=O) groups excluding carboxylic acids is 1. The van der Waals surface area contributed by atoms with Crippen LogP contribution in [-0.2, 0) is 6.54 Å². The molecule has 0 fully saturated rings. The number of aromatic nitrogens is 3. The number of halogens is 2. The standard InChI is InChI=1S/C27H22ClFN4OS2/c1-3-32-16-19(15-30-32)33-17(2)26(22-12-13-23(28)24(29)25(22)33)35-21-11-7-8-18(14-21)27(34)31-36-20-9-5-4-6-10-20/h4-16H,3H2,1-2H3,(H,31,34). The number of hydrogen-bond donors (Lipinski definition) is 1. The van der Waals surface area contributed by atoms with E-state index in [-0.39, 0.29) is 10.9 Å². The third-order valence-electron chi connectivity index (χ3n) is 5.72. The molecule has 0 aliphatic carbocycles. The molecule has 9 heteroatoms. The second kappa shape index (κ2) is 10.4. The highest BCUT2D eigenvalue weighted by molar-refractivity contribution is 7.99. The summed E-state index contributed by atoms with van der Waals surface area (Å²) in [4.78, 5) is 15.5. The first-order valence-electron chi connectivity index (χ1n) is 11.3. The van der Waals surface area contributed by atoms with Gasteiger partial charge in [0.1, 0.15) is 0 Å². The Balaban J connectivity index is 1.49. The van der Waals surface area contributed by atoms with Crippen molar-refractivity contribution in [2.75, 3.05) is 0 Å². The number of aryl methyl sites for hydroxylation is 1. The van der Waals surface area contributed by atoms with E-state index in [9.17, 15) is 4.79 Å². The molecule has 2 aromatic heterocycles. The predicted molar refractivity (Wildman–Crippen MR) is 145 cm³/mol. The lowest BCUT2D eigenvalue weighted by Crippen LogP contribution is -2.15. The van der Waals surface area contributed by atoms with Gasteiger partial charge in [-0.3, -0.25) is 14.2 Å². The molecule has 5 rings (SSSR count). The fourth-order valence-electron chi connectivity index (χ4n) is 3.97. The van der Waals surface area contributed by atoms with E-state index in [2.05, 4.69) is 9.82 Å². The Kier molecular flexibility index (Phi) is 7.09. The van der Waals surface area contributed by atoms with Gasteiger partial charge in [-0.25, -0.2) is 4.39 Å². The summed E-state index contributed by atoms with van der Waals surface area (Å²) in [6, 6.07) is 20.5. The lowest BCUT2D eigenvalue weighted by atomic mass is 10.2. The van der Waals surface area contributed by atoms with Crippen molar-refractivity contribution in [2.24, 2.45) is 0 Å². The Labute approximate surface area is 221 Å². The number of rotatable bonds is 7. The molecule has 2 heterocycles. The van der Waals surface area contributed by atoms with Crippen molar-refractivity contribution in [1.29, 1.82) is 0 Å². The molecule has 3 aromatic carbocycles. The van der Waals surface area contributed by atoms with Crippen LogP contribution in [0.3, 0.4) is 0 Å². The maximum atomic E-state index is 15.3. The van der Waals surface area contributed by atoms with Crippen LogP contribution < -0.4 is 4.72 Å². The third kappa shape index (κ3) is 4.76. The summed E-state index contributed by atoms with van der Waals surface area (Å²) in [7, 11) is 0. The van der Waals surface area contributed by atoms with Crippen molar-refractivity contribution in [3.05, 3.63) is 101 Å². The van der Waals surface area contributed by atoms with Gasteiger partial charge in [0.15, 0.2) is 5.82 Å². The van der Waals surface area contributed by atoms with E-state index in [0.717, 1.165) is 31.5 Å². The highest BCUT2D eigenvalue weighted by Crippen LogP contribution is 2.42. The highest BCUT2D eigenvalue weighted by Gasteiger charge is 2.22. The average Bonchev–Trinajstić information content (AvgIpc) is 3.48. The van der Waals surface area contributed by atoms with E-state index < -0.39 is 5.82 Å². The van der Waals surface area contributed by atoms with E-state index in [1.807, 2.05) is 79.2 Å². The summed E-state index contributed by atoms with van der Waals surface area (Å²) in [5.74, 6) is -0.658. The molecule has 5 nitrogen and oxygen atoms in total. The van der Waals surface area contributed by atoms with Gasteiger partial charge in [-0.1, -0.05) is 47.6 Å². The monoisotopic (exact) mass is 536 g/mol. The maximum absolute atomic E-state index is 15.3. The van der Waals surface area contributed by atoms with Crippen molar-refractivity contribution >= 4 is 52.1 Å². The second-order valence-electron chi connectivity index (χ2n) is 8.04. The number of nitrogens with zero attached hydrogens (tertiary/aromatic N) is 3. The summed E-state index contributed by atoms with van der Waals surface area (Å²) in [6.07, 6.45) is 3.61. The van der Waals surface area contributed by atoms with Crippen LogP contribution in [0.1, 0.15) is 23.0 Å². The SMILES string of the molecule is CCn1cc(-n2c(C)c(Sc3cccc(C(=O)NSc4ccccc4)c3)c3ccc(Cl)c(F)c32)cn1. The van der Waals surface area contributed by atoms with Crippen molar-refractivity contribution in [2.45, 2.75) is 35.1 Å². The molecule has 0 bridgehead atoms. The van der Waals surface area contributed by atoms with Gasteiger partial charge in [-0.05, 0) is 68.3 Å². The van der Waals surface area contributed by atoms with E-state index in [1.165, 1.54) is 23.7 Å². The van der Waals surface area contributed by atoms with Crippen LogP contribution in [0, 0.1) is 12.7 Å². The molecular weight excluding hydrogens is 515 g/mol. The first kappa shape index (κ1) is 24.5. The van der Waals surface area contributed by atoms with Gasteiger partial charge >= 0.3 is 0 Å². The van der Waals surface area contributed by atoms with Crippen molar-refractivity contribution < 1.29 is 9.18 Å². The van der Waals surface area contributed by atoms with Crippen molar-refractivity contribution in [3.63, 3.8) is 0 Å². The quantitative estimate of drug-likeness (QED) is 0.218. The van der Waals surface area contributed by atoms with Crippen molar-refractivity contribution in [3.8, 4) is 5.69 Å². The largest absolute Gasteiger partial charge is 0.307 e. The molecule has 0 aliphatic rings. The van der Waals surface area contributed by atoms with Crippen LogP contribution in [0.5, 0.6) is 0 Å². The molecule has 1 N–H and O–H groups in total. The Morgan fingerprint density at radius 1 is 1.08 bits per heavy atom. The molecule has 0 spiro atoms. The maximum Gasteiger partial charge on any atom is 0.261 e. The van der Waals surface area contributed by atoms with Crippen molar-refractivity contribution in [1.82, 2.24) is 19.1 Å². The van der Waals surface area contributed by atoms with Crippen LogP contribution in [-0.4, -0.2) is 20.3 Å². The summed E-state index contributed by atoms with van der Waals surface area (Å²) in [6.45, 7) is 4.66. The molecule has 0 saturated heterocycles. The highest BCUT2D eigenvalue weighted by atomic mass is 35.5. The second-order valence-corrected chi connectivity index (χ2v) is 10.4.